The lowest BCUT2D eigenvalue weighted by Gasteiger charge is -2.28. The molecule has 0 radical (unpaired) electrons. The largest absolute Gasteiger partial charge is 0.352 e. The zero-order valence-corrected chi connectivity index (χ0v) is 17.0. The van der Waals surface area contributed by atoms with Crippen LogP contribution in [0.15, 0.2) is 53.6 Å². The minimum atomic E-state index is -0.190. The van der Waals surface area contributed by atoms with Crippen LogP contribution >= 0.6 is 23.2 Å². The second-order valence-electron chi connectivity index (χ2n) is 7.14. The van der Waals surface area contributed by atoms with Gasteiger partial charge < -0.3 is 0 Å². The molecule has 2 heterocycles. The Bertz CT molecular complexity index is 861. The molecule has 4 rings (SSSR count). The van der Waals surface area contributed by atoms with Crippen LogP contribution in [0.3, 0.4) is 0 Å². The Kier molecular flexibility index (Phi) is 5.85. The number of amides is 2. The quantitative estimate of drug-likeness (QED) is 0.772. The van der Waals surface area contributed by atoms with Gasteiger partial charge in [0.1, 0.15) is 0 Å². The number of hydrogen-bond donors (Lipinski definition) is 1. The highest BCUT2D eigenvalue weighted by Crippen LogP contribution is 2.30. The monoisotopic (exact) mass is 416 g/mol. The number of benzene rings is 2. The molecule has 2 aliphatic heterocycles. The van der Waals surface area contributed by atoms with Crippen molar-refractivity contribution >= 4 is 34.9 Å². The minimum Gasteiger partial charge on any atom is -0.269 e. The molecule has 146 valence electrons. The fourth-order valence-corrected chi connectivity index (χ4v) is 3.92. The topological polar surface area (TPSA) is 47.9 Å². The highest BCUT2D eigenvalue weighted by Gasteiger charge is 2.33. The van der Waals surface area contributed by atoms with Gasteiger partial charge in [-0.15, -0.1) is 0 Å². The average molecular weight is 417 g/mol. The smallest absolute Gasteiger partial charge is 0.269 e. The van der Waals surface area contributed by atoms with Gasteiger partial charge in [0.25, 0.3) is 0 Å². The molecular formula is C21H22Cl2N4O. The lowest BCUT2D eigenvalue weighted by Crippen LogP contribution is -2.49. The zero-order chi connectivity index (χ0) is 19.5. The number of carbonyl (C=O) groups is 1. The fourth-order valence-electron chi connectivity index (χ4n) is 3.66. The highest BCUT2D eigenvalue weighted by molar-refractivity contribution is 6.31. The number of carbonyl (C=O) groups excluding carboxylic acids is 1. The number of urea groups is 1. The second kappa shape index (κ2) is 8.52. The number of hydrazine groups is 1. The van der Waals surface area contributed by atoms with Crippen molar-refractivity contribution < 1.29 is 4.79 Å². The van der Waals surface area contributed by atoms with Gasteiger partial charge in [0, 0.05) is 29.1 Å². The van der Waals surface area contributed by atoms with Crippen molar-refractivity contribution in [3.05, 3.63) is 69.7 Å². The number of rotatable bonds is 3. The van der Waals surface area contributed by atoms with E-state index in [1.807, 2.05) is 53.5 Å². The molecule has 2 aliphatic rings. The van der Waals surface area contributed by atoms with E-state index in [4.69, 9.17) is 23.2 Å². The van der Waals surface area contributed by atoms with Crippen molar-refractivity contribution in [2.45, 2.75) is 25.2 Å². The van der Waals surface area contributed by atoms with E-state index in [0.717, 1.165) is 42.8 Å². The van der Waals surface area contributed by atoms with Crippen molar-refractivity contribution in [2.24, 2.45) is 5.10 Å². The lowest BCUT2D eigenvalue weighted by atomic mass is 9.91. The maximum Gasteiger partial charge on any atom is 0.352 e. The predicted octanol–water partition coefficient (Wildman–Crippen LogP) is 4.91. The van der Waals surface area contributed by atoms with E-state index in [9.17, 15) is 4.79 Å². The number of piperidine rings is 1. The summed E-state index contributed by atoms with van der Waals surface area (Å²) in [5.74, 6) is -0.0226. The molecule has 7 heteroatoms. The van der Waals surface area contributed by atoms with Crippen molar-refractivity contribution in [1.82, 2.24) is 15.4 Å². The highest BCUT2D eigenvalue weighted by atomic mass is 35.5. The van der Waals surface area contributed by atoms with Crippen LogP contribution in [0.1, 0.15) is 36.3 Å². The van der Waals surface area contributed by atoms with E-state index in [2.05, 4.69) is 10.5 Å². The lowest BCUT2D eigenvalue weighted by molar-refractivity contribution is 0.133. The van der Waals surface area contributed by atoms with Gasteiger partial charge in [-0.1, -0.05) is 53.9 Å². The first-order valence-corrected chi connectivity index (χ1v) is 10.3. The Morgan fingerprint density at radius 1 is 0.929 bits per heavy atom. The molecule has 28 heavy (non-hydrogen) atoms. The van der Waals surface area contributed by atoms with E-state index in [1.165, 1.54) is 11.4 Å². The van der Waals surface area contributed by atoms with Crippen LogP contribution in [-0.2, 0) is 0 Å². The van der Waals surface area contributed by atoms with Crippen LogP contribution in [0, 0.1) is 0 Å². The normalized spacial score (nSPS) is 20.1. The molecule has 5 nitrogen and oxygen atoms in total. The van der Waals surface area contributed by atoms with Crippen molar-refractivity contribution in [2.75, 3.05) is 19.6 Å². The first-order chi connectivity index (χ1) is 13.6. The average Bonchev–Trinajstić information content (AvgIpc) is 3.15. The van der Waals surface area contributed by atoms with Crippen LogP contribution in [0.4, 0.5) is 4.79 Å². The molecule has 1 saturated heterocycles. The maximum absolute atomic E-state index is 12.8. The molecule has 2 aromatic rings. The third-order valence-corrected chi connectivity index (χ3v) is 5.67. The Labute approximate surface area is 174 Å². The summed E-state index contributed by atoms with van der Waals surface area (Å²) in [6.45, 7) is 2.25. The molecule has 1 fully saturated rings. The Balaban J connectivity index is 1.59. The van der Waals surface area contributed by atoms with Gasteiger partial charge in [-0.2, -0.15) is 5.10 Å². The van der Waals surface area contributed by atoms with E-state index < -0.39 is 0 Å². The summed E-state index contributed by atoms with van der Waals surface area (Å²) in [7, 11) is 0. The minimum absolute atomic E-state index is 0.0226. The van der Waals surface area contributed by atoms with Crippen molar-refractivity contribution in [3.8, 4) is 0 Å². The summed E-state index contributed by atoms with van der Waals surface area (Å²) in [6, 6.07) is 15.1. The molecular weight excluding hydrogens is 395 g/mol. The van der Waals surface area contributed by atoms with Crippen LogP contribution < -0.4 is 5.43 Å². The fraction of sp³-hybridized carbons (Fsp3) is 0.333. The van der Waals surface area contributed by atoms with Crippen LogP contribution in [-0.4, -0.2) is 41.4 Å². The Morgan fingerprint density at radius 3 is 2.18 bits per heavy atom. The Hall–Kier alpha value is -2.08. The van der Waals surface area contributed by atoms with Crippen LogP contribution in [0.2, 0.25) is 10.0 Å². The zero-order valence-electron chi connectivity index (χ0n) is 15.4. The molecule has 0 aliphatic carbocycles. The van der Waals surface area contributed by atoms with Gasteiger partial charge in [0.15, 0.2) is 0 Å². The summed E-state index contributed by atoms with van der Waals surface area (Å²) in [5, 5.41) is 9.54. The molecule has 0 saturated carbocycles. The molecule has 1 N–H and O–H groups in total. The summed E-state index contributed by atoms with van der Waals surface area (Å²) < 4.78 is 0. The summed E-state index contributed by atoms with van der Waals surface area (Å²) in [4.78, 5) is 12.8. The van der Waals surface area contributed by atoms with E-state index in [0.29, 0.717) is 16.6 Å². The van der Waals surface area contributed by atoms with Gasteiger partial charge in [-0.05, 0) is 48.2 Å². The third kappa shape index (κ3) is 4.32. The summed E-state index contributed by atoms with van der Waals surface area (Å²) in [6.07, 6.45) is 3.42. The first kappa shape index (κ1) is 19.2. The summed E-state index contributed by atoms with van der Waals surface area (Å²) >= 11 is 12.1. The SMILES string of the molecule is O=C(NN1CCCCC1)N1CC(c2ccc(Cl)cc2)C(c2ccc(Cl)cc2)=N1. The number of hydrazone groups is 1. The standard InChI is InChI=1S/C21H22Cl2N4O/c22-17-8-4-15(5-9-17)19-14-27(21(28)25-26-12-2-1-3-13-26)24-20(19)16-6-10-18(23)11-7-16/h4-11,19H,1-3,12-14H2,(H,25,28). The molecule has 1 atom stereocenters. The van der Waals surface area contributed by atoms with Gasteiger partial charge in [0.2, 0.25) is 0 Å². The first-order valence-electron chi connectivity index (χ1n) is 9.53. The number of nitrogens with zero attached hydrogens (tertiary/aromatic N) is 3. The van der Waals surface area contributed by atoms with Crippen LogP contribution in [0.25, 0.3) is 0 Å². The number of halogens is 2. The number of nitrogens with one attached hydrogen (secondary N) is 1. The Morgan fingerprint density at radius 2 is 1.54 bits per heavy atom. The van der Waals surface area contributed by atoms with Gasteiger partial charge in [0.05, 0.1) is 12.3 Å². The van der Waals surface area contributed by atoms with E-state index in [-0.39, 0.29) is 11.9 Å². The third-order valence-electron chi connectivity index (χ3n) is 5.17. The summed E-state index contributed by atoms with van der Waals surface area (Å²) in [5.41, 5.74) is 5.88. The molecule has 2 aromatic carbocycles. The molecule has 1 unspecified atom stereocenters. The molecule has 0 bridgehead atoms. The maximum atomic E-state index is 12.8. The van der Waals surface area contributed by atoms with Crippen molar-refractivity contribution in [3.63, 3.8) is 0 Å². The van der Waals surface area contributed by atoms with Gasteiger partial charge in [-0.3, -0.25) is 5.43 Å². The molecule has 2 amide bonds. The molecule has 0 aromatic heterocycles. The predicted molar refractivity (Wildman–Crippen MR) is 113 cm³/mol. The van der Waals surface area contributed by atoms with Crippen molar-refractivity contribution in [1.29, 1.82) is 0 Å². The molecule has 0 spiro atoms. The van der Waals surface area contributed by atoms with E-state index in [1.54, 1.807) is 0 Å². The second-order valence-corrected chi connectivity index (χ2v) is 8.02. The van der Waals surface area contributed by atoms with Gasteiger partial charge in [-0.25, -0.2) is 14.8 Å². The van der Waals surface area contributed by atoms with E-state index >= 15 is 0 Å². The van der Waals surface area contributed by atoms with Gasteiger partial charge >= 0.3 is 6.03 Å². The van der Waals surface area contributed by atoms with Crippen LogP contribution in [0.5, 0.6) is 0 Å². The number of hydrogen-bond acceptors (Lipinski definition) is 3.